The molecule has 0 aromatic heterocycles. The van der Waals surface area contributed by atoms with Crippen molar-refractivity contribution in [2.45, 2.75) is 92.0 Å². The van der Waals surface area contributed by atoms with Crippen molar-refractivity contribution in [3.05, 3.63) is 23.3 Å². The monoisotopic (exact) mass is 549 g/mol. The van der Waals surface area contributed by atoms with Crippen molar-refractivity contribution in [1.82, 2.24) is 5.32 Å². The van der Waals surface area contributed by atoms with Gasteiger partial charge in [-0.15, -0.1) is 0 Å². The molecule has 2 saturated carbocycles. The van der Waals surface area contributed by atoms with Crippen LogP contribution < -0.4 is 5.32 Å². The largest absolute Gasteiger partial charge is 0.465 e. The van der Waals surface area contributed by atoms with Crippen molar-refractivity contribution < 1.29 is 42.9 Å². The fraction of sp³-hybridized carbons (Fsp3) is 0.690. The third-order valence-electron chi connectivity index (χ3n) is 7.50. The number of ether oxygens (including phenoxy) is 4. The molecule has 2 aliphatic rings. The Morgan fingerprint density at radius 2 is 1.13 bits per heavy atom. The van der Waals surface area contributed by atoms with E-state index in [9.17, 15) is 24.0 Å². The second-order valence-corrected chi connectivity index (χ2v) is 9.77. The lowest BCUT2D eigenvalue weighted by Gasteiger charge is -2.47. The maximum absolute atomic E-state index is 13.8. The Hall–Kier alpha value is -3.17. The maximum atomic E-state index is 13.8. The molecule has 2 rings (SSSR count). The molecule has 1 amide bonds. The Balaban J connectivity index is 2.84. The van der Waals surface area contributed by atoms with Gasteiger partial charge in [0.2, 0.25) is 5.91 Å². The Morgan fingerprint density at radius 3 is 1.51 bits per heavy atom. The normalized spacial score (nSPS) is 19.9. The van der Waals surface area contributed by atoms with Crippen LogP contribution in [-0.2, 0) is 42.9 Å². The highest BCUT2D eigenvalue weighted by molar-refractivity contribution is 6.16. The zero-order chi connectivity index (χ0) is 29.2. The summed E-state index contributed by atoms with van der Waals surface area (Å²) in [5.41, 5.74) is -4.06. The fourth-order valence-corrected chi connectivity index (χ4v) is 5.64. The van der Waals surface area contributed by atoms with Crippen LogP contribution in [0.4, 0.5) is 0 Å². The van der Waals surface area contributed by atoms with Gasteiger partial charge in [0.05, 0.1) is 26.4 Å². The molecule has 0 heterocycles. The van der Waals surface area contributed by atoms with E-state index in [2.05, 4.69) is 11.9 Å². The first-order valence-electron chi connectivity index (χ1n) is 14.0. The molecular weight excluding hydrogens is 506 g/mol. The summed E-state index contributed by atoms with van der Waals surface area (Å²) in [5.74, 6) is -4.82. The molecule has 2 fully saturated rings. The molecular formula is C29H43NO9. The minimum absolute atomic E-state index is 0.0169. The second kappa shape index (κ2) is 14.3. The number of hydrogen-bond acceptors (Lipinski definition) is 9. The fourth-order valence-electron chi connectivity index (χ4n) is 5.64. The molecule has 2 aliphatic carbocycles. The van der Waals surface area contributed by atoms with Gasteiger partial charge in [0.25, 0.3) is 0 Å². The molecule has 0 aromatic rings. The van der Waals surface area contributed by atoms with Crippen LogP contribution >= 0.6 is 0 Å². The van der Waals surface area contributed by atoms with Gasteiger partial charge in [-0.3, -0.25) is 24.0 Å². The van der Waals surface area contributed by atoms with Gasteiger partial charge >= 0.3 is 23.9 Å². The van der Waals surface area contributed by atoms with E-state index in [1.165, 1.54) is 0 Å². The Labute approximate surface area is 230 Å². The van der Waals surface area contributed by atoms with Crippen molar-refractivity contribution in [3.63, 3.8) is 0 Å². The van der Waals surface area contributed by atoms with Gasteiger partial charge in [0.1, 0.15) is 0 Å². The molecule has 0 aliphatic heterocycles. The number of hydrogen-bond donors (Lipinski definition) is 1. The standard InChI is InChI=1S/C29H43NO9/c1-7-21(23(31)30-20-15-13-12-14-16-20)22-18-29(26(34)38-10-4,27(35)39-11-5)28(17-19(22)6,24(32)36-8-2)25(33)37-9-3/h20H,6-18H2,1-5H3,(H,30,31)/b22-21-. The van der Waals surface area contributed by atoms with Gasteiger partial charge < -0.3 is 24.3 Å². The highest BCUT2D eigenvalue weighted by Crippen LogP contribution is 2.58. The van der Waals surface area contributed by atoms with E-state index in [1.54, 1.807) is 34.6 Å². The number of esters is 4. The van der Waals surface area contributed by atoms with Gasteiger partial charge in [-0.1, -0.05) is 32.8 Å². The summed E-state index contributed by atoms with van der Waals surface area (Å²) in [5, 5.41) is 3.08. The quantitative estimate of drug-likeness (QED) is 0.177. The zero-order valence-electron chi connectivity index (χ0n) is 23.9. The smallest absolute Gasteiger partial charge is 0.325 e. The molecule has 10 nitrogen and oxygen atoms in total. The van der Waals surface area contributed by atoms with Crippen LogP contribution in [0.25, 0.3) is 0 Å². The summed E-state index contributed by atoms with van der Waals surface area (Å²) in [6.45, 7) is 11.5. The molecule has 1 N–H and O–H groups in total. The molecule has 0 atom stereocenters. The third-order valence-corrected chi connectivity index (χ3v) is 7.50. The molecule has 0 unspecified atom stereocenters. The zero-order valence-corrected chi connectivity index (χ0v) is 23.9. The van der Waals surface area contributed by atoms with Crippen LogP contribution in [-0.4, -0.2) is 62.3 Å². The number of allylic oxidation sites excluding steroid dienone is 2. The molecule has 0 saturated heterocycles. The SMILES string of the molecule is C=C1CC(C(=O)OCC)(C(=O)OCC)C(C(=O)OCC)(C(=O)OCC)C/C1=C(\CC)C(=O)NC1CCCCC1. The van der Waals surface area contributed by atoms with Gasteiger partial charge in [-0.25, -0.2) is 0 Å². The van der Waals surface area contributed by atoms with E-state index in [0.29, 0.717) is 11.1 Å². The van der Waals surface area contributed by atoms with Crippen molar-refractivity contribution in [3.8, 4) is 0 Å². The lowest BCUT2D eigenvalue weighted by molar-refractivity contribution is -0.204. The van der Waals surface area contributed by atoms with Gasteiger partial charge in [-0.2, -0.15) is 0 Å². The Morgan fingerprint density at radius 1 is 0.718 bits per heavy atom. The lowest BCUT2D eigenvalue weighted by Crippen LogP contribution is -2.65. The van der Waals surface area contributed by atoms with E-state index < -0.39 is 47.5 Å². The first kappa shape index (κ1) is 32.0. The van der Waals surface area contributed by atoms with Gasteiger partial charge in [0.15, 0.2) is 10.8 Å². The predicted octanol–water partition coefficient (Wildman–Crippen LogP) is 3.72. The average molecular weight is 550 g/mol. The third kappa shape index (κ3) is 6.20. The first-order chi connectivity index (χ1) is 18.6. The molecule has 0 bridgehead atoms. The number of carbonyl (C=O) groups is 5. The van der Waals surface area contributed by atoms with Crippen molar-refractivity contribution in [1.29, 1.82) is 0 Å². The Kier molecular flexibility index (Phi) is 11.7. The van der Waals surface area contributed by atoms with Crippen LogP contribution in [0.1, 0.15) is 86.0 Å². The van der Waals surface area contributed by atoms with Crippen LogP contribution in [0, 0.1) is 10.8 Å². The molecule has 218 valence electrons. The highest BCUT2D eigenvalue weighted by atomic mass is 16.6. The van der Waals surface area contributed by atoms with Gasteiger partial charge in [0, 0.05) is 24.5 Å². The van der Waals surface area contributed by atoms with Crippen LogP contribution in [0.3, 0.4) is 0 Å². The van der Waals surface area contributed by atoms with Crippen molar-refractivity contribution >= 4 is 29.8 Å². The summed E-state index contributed by atoms with van der Waals surface area (Å²) in [4.78, 5) is 68.5. The minimum Gasteiger partial charge on any atom is -0.465 e. The molecule has 0 radical (unpaired) electrons. The molecule has 0 aromatic carbocycles. The van der Waals surface area contributed by atoms with E-state index >= 15 is 0 Å². The summed E-state index contributed by atoms with van der Waals surface area (Å²) >= 11 is 0. The van der Waals surface area contributed by atoms with Crippen molar-refractivity contribution in [2.24, 2.45) is 10.8 Å². The van der Waals surface area contributed by atoms with Gasteiger partial charge in [-0.05, 0) is 58.1 Å². The summed E-state index contributed by atoms with van der Waals surface area (Å²) in [7, 11) is 0. The molecule has 0 spiro atoms. The van der Waals surface area contributed by atoms with Crippen LogP contribution in [0.5, 0.6) is 0 Å². The minimum atomic E-state index is -2.50. The average Bonchev–Trinajstić information content (AvgIpc) is 2.90. The molecule has 10 heteroatoms. The maximum Gasteiger partial charge on any atom is 0.325 e. The number of nitrogens with one attached hydrogen (secondary N) is 1. The highest BCUT2D eigenvalue weighted by Gasteiger charge is 2.75. The first-order valence-corrected chi connectivity index (χ1v) is 14.0. The Bertz CT molecular complexity index is 955. The van der Waals surface area contributed by atoms with Crippen molar-refractivity contribution in [2.75, 3.05) is 26.4 Å². The summed E-state index contributed by atoms with van der Waals surface area (Å²) in [6, 6.07) is 0.0169. The van der Waals surface area contributed by atoms with E-state index in [0.717, 1.165) is 32.1 Å². The lowest BCUT2D eigenvalue weighted by atomic mass is 9.52. The number of rotatable bonds is 11. The number of amides is 1. The van der Waals surface area contributed by atoms with E-state index in [1.807, 2.05) is 0 Å². The second-order valence-electron chi connectivity index (χ2n) is 9.77. The van der Waals surface area contributed by atoms with Crippen LogP contribution in [0.2, 0.25) is 0 Å². The summed E-state index contributed by atoms with van der Waals surface area (Å²) < 4.78 is 21.3. The summed E-state index contributed by atoms with van der Waals surface area (Å²) in [6.07, 6.45) is 4.15. The van der Waals surface area contributed by atoms with Crippen LogP contribution in [0.15, 0.2) is 23.3 Å². The number of carbonyl (C=O) groups excluding carboxylic acids is 5. The predicted molar refractivity (Wildman–Crippen MR) is 142 cm³/mol. The topological polar surface area (TPSA) is 134 Å². The van der Waals surface area contributed by atoms with E-state index in [4.69, 9.17) is 18.9 Å². The van der Waals surface area contributed by atoms with E-state index in [-0.39, 0.29) is 50.4 Å². The molecule has 39 heavy (non-hydrogen) atoms.